The molecule has 0 unspecified atom stereocenters. The first-order valence-electron chi connectivity index (χ1n) is 7.86. The van der Waals surface area contributed by atoms with Gasteiger partial charge in [0.2, 0.25) is 0 Å². The minimum Gasteiger partial charge on any atom is -0.460 e. The Hall–Kier alpha value is -1.88. The highest BCUT2D eigenvalue weighted by atomic mass is 16.6. The van der Waals surface area contributed by atoms with Crippen molar-refractivity contribution >= 4 is 11.9 Å². The van der Waals surface area contributed by atoms with Crippen molar-refractivity contribution < 1.29 is 19.1 Å². The Bertz CT molecular complexity index is 493. The van der Waals surface area contributed by atoms with E-state index in [1.807, 2.05) is 63.1 Å². The second-order valence-electron chi connectivity index (χ2n) is 6.57. The van der Waals surface area contributed by atoms with Gasteiger partial charge in [-0.2, -0.15) is 0 Å². The molecule has 23 heavy (non-hydrogen) atoms. The van der Waals surface area contributed by atoms with E-state index >= 15 is 0 Å². The molecule has 0 saturated heterocycles. The van der Waals surface area contributed by atoms with Crippen LogP contribution in [0.4, 0.5) is 0 Å². The number of nitrogens with zero attached hydrogens (tertiary/aromatic N) is 1. The van der Waals surface area contributed by atoms with Gasteiger partial charge in [0.15, 0.2) is 0 Å². The number of hydrogen-bond acceptors (Lipinski definition) is 5. The minimum absolute atomic E-state index is 0.209. The van der Waals surface area contributed by atoms with Crippen molar-refractivity contribution in [1.82, 2.24) is 4.90 Å². The third kappa shape index (κ3) is 9.68. The van der Waals surface area contributed by atoms with E-state index in [0.29, 0.717) is 19.4 Å². The second kappa shape index (κ2) is 9.30. The summed E-state index contributed by atoms with van der Waals surface area (Å²) < 4.78 is 10.5. The van der Waals surface area contributed by atoms with Gasteiger partial charge in [-0.25, -0.2) is 0 Å². The van der Waals surface area contributed by atoms with Crippen LogP contribution in [0.5, 0.6) is 0 Å². The molecule has 5 nitrogen and oxygen atoms in total. The molecule has 0 amide bonds. The first-order chi connectivity index (χ1) is 10.8. The molecule has 0 aliphatic carbocycles. The molecule has 0 bridgehead atoms. The van der Waals surface area contributed by atoms with Gasteiger partial charge in [0.05, 0.1) is 6.54 Å². The first kappa shape index (κ1) is 19.2. The highest BCUT2D eigenvalue weighted by molar-refractivity contribution is 5.71. The van der Waals surface area contributed by atoms with Gasteiger partial charge in [-0.1, -0.05) is 30.3 Å². The molecule has 0 aliphatic heterocycles. The summed E-state index contributed by atoms with van der Waals surface area (Å²) in [6, 6.07) is 9.57. The van der Waals surface area contributed by atoms with Gasteiger partial charge in [0.25, 0.3) is 0 Å². The normalized spacial score (nSPS) is 11.3. The molecular formula is C18H27NO4. The Labute approximate surface area is 138 Å². The third-order valence-corrected chi connectivity index (χ3v) is 2.98. The maximum Gasteiger partial charge on any atom is 0.320 e. The van der Waals surface area contributed by atoms with Crippen LogP contribution in [-0.2, 0) is 25.7 Å². The van der Waals surface area contributed by atoms with E-state index in [1.165, 1.54) is 0 Å². The molecule has 0 heterocycles. The van der Waals surface area contributed by atoms with Crippen LogP contribution in [0.15, 0.2) is 30.3 Å². The molecule has 1 rings (SSSR count). The first-order valence-corrected chi connectivity index (χ1v) is 7.86. The fourth-order valence-corrected chi connectivity index (χ4v) is 1.97. The Morgan fingerprint density at radius 3 is 2.35 bits per heavy atom. The lowest BCUT2D eigenvalue weighted by molar-refractivity contribution is -0.154. The van der Waals surface area contributed by atoms with E-state index in [2.05, 4.69) is 0 Å². The zero-order valence-electron chi connectivity index (χ0n) is 14.5. The molecule has 0 N–H and O–H groups in total. The molecule has 0 radical (unpaired) electrons. The maximum absolute atomic E-state index is 11.8. The molecular weight excluding hydrogens is 294 g/mol. The largest absolute Gasteiger partial charge is 0.460 e. The van der Waals surface area contributed by atoms with Crippen molar-refractivity contribution in [3.05, 3.63) is 35.9 Å². The lowest BCUT2D eigenvalue weighted by Crippen LogP contribution is -2.29. The van der Waals surface area contributed by atoms with Crippen LogP contribution in [0, 0.1) is 0 Å². The summed E-state index contributed by atoms with van der Waals surface area (Å²) in [4.78, 5) is 25.2. The van der Waals surface area contributed by atoms with E-state index in [4.69, 9.17) is 9.47 Å². The van der Waals surface area contributed by atoms with Gasteiger partial charge in [-0.3, -0.25) is 14.5 Å². The van der Waals surface area contributed by atoms with Gasteiger partial charge in [-0.15, -0.1) is 0 Å². The maximum atomic E-state index is 11.8. The number of ether oxygens (including phenoxy) is 2. The van der Waals surface area contributed by atoms with Gasteiger partial charge in [0, 0.05) is 6.42 Å². The highest BCUT2D eigenvalue weighted by Gasteiger charge is 2.16. The molecule has 0 atom stereocenters. The Morgan fingerprint density at radius 2 is 1.74 bits per heavy atom. The predicted octanol–water partition coefficient (Wildman–Crippen LogP) is 2.78. The Morgan fingerprint density at radius 1 is 1.09 bits per heavy atom. The number of esters is 2. The van der Waals surface area contributed by atoms with Crippen molar-refractivity contribution in [3.8, 4) is 0 Å². The number of hydrogen-bond donors (Lipinski definition) is 0. The molecule has 5 heteroatoms. The number of rotatable bonds is 8. The van der Waals surface area contributed by atoms with E-state index < -0.39 is 5.60 Å². The topological polar surface area (TPSA) is 55.8 Å². The van der Waals surface area contributed by atoms with Crippen molar-refractivity contribution in [2.24, 2.45) is 0 Å². The van der Waals surface area contributed by atoms with Crippen LogP contribution in [0.2, 0.25) is 0 Å². The van der Waals surface area contributed by atoms with Crippen LogP contribution in [-0.4, -0.2) is 42.6 Å². The van der Waals surface area contributed by atoms with E-state index in [1.54, 1.807) is 0 Å². The summed E-state index contributed by atoms with van der Waals surface area (Å²) >= 11 is 0. The summed E-state index contributed by atoms with van der Waals surface area (Å²) in [5, 5.41) is 0. The number of benzene rings is 1. The lowest BCUT2D eigenvalue weighted by atomic mass is 10.2. The van der Waals surface area contributed by atoms with Gasteiger partial charge < -0.3 is 9.47 Å². The SMILES string of the molecule is CN(CCCC(=O)OC(C)(C)C)CC(=O)OCc1ccccc1. The quantitative estimate of drug-likeness (QED) is 0.689. The molecule has 1 aromatic carbocycles. The van der Waals surface area contributed by atoms with Crippen LogP contribution >= 0.6 is 0 Å². The summed E-state index contributed by atoms with van der Waals surface area (Å²) in [5.41, 5.74) is 0.512. The fourth-order valence-electron chi connectivity index (χ4n) is 1.97. The molecule has 0 saturated carbocycles. The molecule has 0 fully saturated rings. The molecule has 128 valence electrons. The zero-order chi connectivity index (χ0) is 17.3. The molecule has 0 spiro atoms. The summed E-state index contributed by atoms with van der Waals surface area (Å²) in [5.74, 6) is -0.480. The van der Waals surface area contributed by atoms with Gasteiger partial charge >= 0.3 is 11.9 Å². The standard InChI is InChI=1S/C18H27NO4/c1-18(2,3)23-16(20)11-8-12-19(4)13-17(21)22-14-15-9-6-5-7-10-15/h5-7,9-10H,8,11-14H2,1-4H3. The third-order valence-electron chi connectivity index (χ3n) is 2.98. The lowest BCUT2D eigenvalue weighted by Gasteiger charge is -2.20. The van der Waals surface area contributed by atoms with Crippen LogP contribution in [0.25, 0.3) is 0 Å². The second-order valence-corrected chi connectivity index (χ2v) is 6.57. The van der Waals surface area contributed by atoms with E-state index in [-0.39, 0.29) is 25.1 Å². The molecule has 0 aliphatic rings. The molecule has 1 aromatic rings. The highest BCUT2D eigenvalue weighted by Crippen LogP contribution is 2.09. The zero-order valence-corrected chi connectivity index (χ0v) is 14.5. The van der Waals surface area contributed by atoms with Crippen molar-refractivity contribution in [1.29, 1.82) is 0 Å². The van der Waals surface area contributed by atoms with E-state index in [0.717, 1.165) is 5.56 Å². The van der Waals surface area contributed by atoms with E-state index in [9.17, 15) is 9.59 Å². The Kier molecular flexibility index (Phi) is 7.75. The average molecular weight is 321 g/mol. The Balaban J connectivity index is 2.17. The van der Waals surface area contributed by atoms with Crippen molar-refractivity contribution in [3.63, 3.8) is 0 Å². The van der Waals surface area contributed by atoms with Gasteiger partial charge in [-0.05, 0) is 46.3 Å². The van der Waals surface area contributed by atoms with Crippen LogP contribution in [0.1, 0.15) is 39.2 Å². The number of likely N-dealkylation sites (N-methyl/N-ethyl adjacent to an activating group) is 1. The van der Waals surface area contributed by atoms with Crippen LogP contribution < -0.4 is 0 Å². The van der Waals surface area contributed by atoms with Gasteiger partial charge in [0.1, 0.15) is 12.2 Å². The van der Waals surface area contributed by atoms with Crippen molar-refractivity contribution in [2.45, 2.75) is 45.8 Å². The predicted molar refractivity (Wildman–Crippen MR) is 88.8 cm³/mol. The summed E-state index contributed by atoms with van der Waals surface area (Å²) in [6.07, 6.45) is 0.998. The number of carbonyl (C=O) groups excluding carboxylic acids is 2. The van der Waals surface area contributed by atoms with Crippen molar-refractivity contribution in [2.75, 3.05) is 20.1 Å². The average Bonchev–Trinajstić information content (AvgIpc) is 2.44. The monoisotopic (exact) mass is 321 g/mol. The smallest absolute Gasteiger partial charge is 0.320 e. The summed E-state index contributed by atoms with van der Waals surface area (Å²) in [6.45, 7) is 6.67. The fraction of sp³-hybridized carbons (Fsp3) is 0.556. The minimum atomic E-state index is -0.454. The van der Waals surface area contributed by atoms with Crippen LogP contribution in [0.3, 0.4) is 0 Å². The molecule has 0 aromatic heterocycles. The summed E-state index contributed by atoms with van der Waals surface area (Å²) in [7, 11) is 1.83. The number of carbonyl (C=O) groups is 2.